The molecule has 69 heavy (non-hydrogen) atoms. The van der Waals surface area contributed by atoms with E-state index in [2.05, 4.69) is 81.5 Å². The van der Waals surface area contributed by atoms with Crippen LogP contribution >= 0.6 is 0 Å². The quantitative estimate of drug-likeness (QED) is 0.0199. The summed E-state index contributed by atoms with van der Waals surface area (Å²) in [4.78, 5) is 38.1. The fourth-order valence-electron chi connectivity index (χ4n) is 7.42. The van der Waals surface area contributed by atoms with Crippen LogP contribution < -0.4 is 0 Å². The molecule has 0 amide bonds. The molecular weight excluding hydrogens is 853 g/mol. The van der Waals surface area contributed by atoms with Crippen molar-refractivity contribution in [1.82, 2.24) is 0 Å². The van der Waals surface area contributed by atoms with Crippen molar-refractivity contribution in [3.8, 4) is 0 Å². The zero-order valence-corrected chi connectivity index (χ0v) is 44.5. The number of carbonyl (C=O) groups is 3. The molecule has 0 saturated heterocycles. The Labute approximate surface area is 424 Å². The Bertz CT molecular complexity index is 1470. The Balaban J connectivity index is 4.49. The molecule has 0 aromatic heterocycles. The minimum atomic E-state index is -0.809. The van der Waals surface area contributed by atoms with Crippen LogP contribution in [0, 0.1) is 0 Å². The number of rotatable bonds is 49. The predicted octanol–water partition coefficient (Wildman–Crippen LogP) is 18.9. The van der Waals surface area contributed by atoms with Crippen LogP contribution in [-0.2, 0) is 28.6 Å². The number of esters is 3. The molecule has 0 spiro atoms. The van der Waals surface area contributed by atoms with Crippen molar-refractivity contribution in [1.29, 1.82) is 0 Å². The van der Waals surface area contributed by atoms with Crippen molar-refractivity contribution in [2.45, 2.75) is 245 Å². The van der Waals surface area contributed by atoms with E-state index in [-0.39, 0.29) is 37.5 Å². The standard InChI is InChI=1S/C63H102O6/c1-4-7-10-13-16-19-22-25-28-30-31-33-35-38-41-44-47-50-53-56-62(65)68-59-60(58-67-61(64)55-52-49-46-43-40-37-34-27-24-21-18-15-12-9-6-3)69-63(66)57-54-51-48-45-42-39-36-32-29-26-23-20-17-14-11-8-5-2/h7-8,10-11,14,16-17,19-21,23-26,28-29,32,36,39,42,60H,4-6,9,12-13,15,18,22,27,30-31,33-35,37-38,40-41,43-59H2,1-3H3/b10-7-,11-8-,17-14-,19-16-,23-20-,24-21-,28-25-,29-26-,36-32+,42-39-. The summed E-state index contributed by atoms with van der Waals surface area (Å²) in [6.45, 7) is 6.33. The summed E-state index contributed by atoms with van der Waals surface area (Å²) >= 11 is 0. The molecule has 6 nitrogen and oxygen atoms in total. The van der Waals surface area contributed by atoms with Gasteiger partial charge in [0.25, 0.3) is 0 Å². The molecule has 390 valence electrons. The van der Waals surface area contributed by atoms with Gasteiger partial charge in [-0.05, 0) is 96.3 Å². The molecule has 0 aliphatic rings. The van der Waals surface area contributed by atoms with Crippen LogP contribution in [0.1, 0.15) is 239 Å². The zero-order chi connectivity index (χ0) is 50.0. The van der Waals surface area contributed by atoms with Gasteiger partial charge in [0.1, 0.15) is 13.2 Å². The Hall–Kier alpha value is -4.19. The van der Waals surface area contributed by atoms with Gasteiger partial charge in [-0.1, -0.05) is 245 Å². The number of ether oxygens (including phenoxy) is 3. The molecule has 0 bridgehead atoms. The number of carbonyl (C=O) groups excluding carboxylic acids is 3. The highest BCUT2D eigenvalue weighted by atomic mass is 16.6. The lowest BCUT2D eigenvalue weighted by molar-refractivity contribution is -0.167. The van der Waals surface area contributed by atoms with E-state index in [4.69, 9.17) is 14.2 Å². The van der Waals surface area contributed by atoms with Crippen LogP contribution in [0.5, 0.6) is 0 Å². The van der Waals surface area contributed by atoms with Crippen molar-refractivity contribution < 1.29 is 28.6 Å². The molecule has 0 radical (unpaired) electrons. The second-order valence-electron chi connectivity index (χ2n) is 18.2. The number of hydrogen-bond acceptors (Lipinski definition) is 6. The van der Waals surface area contributed by atoms with Crippen LogP contribution in [0.4, 0.5) is 0 Å². The van der Waals surface area contributed by atoms with E-state index in [1.165, 1.54) is 103 Å². The summed E-state index contributed by atoms with van der Waals surface area (Å²) in [7, 11) is 0. The van der Waals surface area contributed by atoms with E-state index < -0.39 is 6.10 Å². The molecule has 1 atom stereocenters. The average molecular weight is 956 g/mol. The largest absolute Gasteiger partial charge is 0.462 e. The Morgan fingerprint density at radius 3 is 1.09 bits per heavy atom. The molecule has 0 aromatic carbocycles. The molecule has 0 rings (SSSR count). The SMILES string of the molecule is CC\C=C/C=C\C=C/C=C\C=C\C=C/CCCCCC(=O)OC(COC(=O)CCCCCCCCC/C=C\CCCCCC)COC(=O)CCCCCCCCCCC/C=C\C/C=C\C/C=C\CC. The van der Waals surface area contributed by atoms with Gasteiger partial charge in [-0.25, -0.2) is 0 Å². The summed E-state index contributed by atoms with van der Waals surface area (Å²) in [6, 6.07) is 0. The Morgan fingerprint density at radius 1 is 0.319 bits per heavy atom. The third-order valence-corrected chi connectivity index (χ3v) is 11.6. The maximum atomic E-state index is 12.8. The van der Waals surface area contributed by atoms with Crippen LogP contribution in [0.2, 0.25) is 0 Å². The topological polar surface area (TPSA) is 78.9 Å². The first-order valence-corrected chi connectivity index (χ1v) is 28.1. The van der Waals surface area contributed by atoms with Gasteiger partial charge in [0.05, 0.1) is 0 Å². The van der Waals surface area contributed by atoms with E-state index in [9.17, 15) is 14.4 Å². The van der Waals surface area contributed by atoms with Crippen molar-refractivity contribution >= 4 is 17.9 Å². The van der Waals surface area contributed by atoms with Gasteiger partial charge >= 0.3 is 17.9 Å². The van der Waals surface area contributed by atoms with E-state index >= 15 is 0 Å². The zero-order valence-electron chi connectivity index (χ0n) is 44.5. The number of allylic oxidation sites excluding steroid dienone is 20. The Morgan fingerprint density at radius 2 is 0.638 bits per heavy atom. The van der Waals surface area contributed by atoms with Crippen molar-refractivity contribution in [3.63, 3.8) is 0 Å². The lowest BCUT2D eigenvalue weighted by Crippen LogP contribution is -2.30. The van der Waals surface area contributed by atoms with E-state index in [1.807, 2.05) is 60.8 Å². The molecule has 0 heterocycles. The smallest absolute Gasteiger partial charge is 0.306 e. The maximum Gasteiger partial charge on any atom is 0.306 e. The monoisotopic (exact) mass is 955 g/mol. The number of unbranched alkanes of at least 4 members (excludes halogenated alkanes) is 23. The van der Waals surface area contributed by atoms with Crippen LogP contribution in [0.15, 0.2) is 122 Å². The fraction of sp³-hybridized carbons (Fsp3) is 0.635. The van der Waals surface area contributed by atoms with Gasteiger partial charge in [0, 0.05) is 19.3 Å². The van der Waals surface area contributed by atoms with Crippen LogP contribution in [0.25, 0.3) is 0 Å². The lowest BCUT2D eigenvalue weighted by atomic mass is 10.1. The summed E-state index contributed by atoms with van der Waals surface area (Å²) in [6.07, 6.45) is 77.5. The molecule has 1 unspecified atom stereocenters. The van der Waals surface area contributed by atoms with Gasteiger partial charge in [0.15, 0.2) is 6.10 Å². The van der Waals surface area contributed by atoms with Gasteiger partial charge in [-0.15, -0.1) is 0 Å². The van der Waals surface area contributed by atoms with E-state index in [1.54, 1.807) is 0 Å². The van der Waals surface area contributed by atoms with Gasteiger partial charge in [0.2, 0.25) is 0 Å². The average Bonchev–Trinajstić information content (AvgIpc) is 3.35. The van der Waals surface area contributed by atoms with Crippen molar-refractivity contribution in [2.24, 2.45) is 0 Å². The molecule has 0 aliphatic carbocycles. The van der Waals surface area contributed by atoms with Crippen LogP contribution in [0.3, 0.4) is 0 Å². The fourth-order valence-corrected chi connectivity index (χ4v) is 7.42. The number of hydrogen-bond donors (Lipinski definition) is 0. The molecule has 0 aromatic rings. The minimum absolute atomic E-state index is 0.103. The summed E-state index contributed by atoms with van der Waals surface area (Å²) < 4.78 is 16.8. The summed E-state index contributed by atoms with van der Waals surface area (Å²) in [5.41, 5.74) is 0. The third-order valence-electron chi connectivity index (χ3n) is 11.6. The minimum Gasteiger partial charge on any atom is -0.462 e. The van der Waals surface area contributed by atoms with Crippen LogP contribution in [-0.4, -0.2) is 37.2 Å². The normalized spacial score (nSPS) is 13.0. The second-order valence-corrected chi connectivity index (χ2v) is 18.2. The van der Waals surface area contributed by atoms with Gasteiger partial charge in [-0.3, -0.25) is 14.4 Å². The predicted molar refractivity (Wildman–Crippen MR) is 297 cm³/mol. The molecule has 0 N–H and O–H groups in total. The first-order valence-electron chi connectivity index (χ1n) is 28.1. The molecule has 0 aliphatic heterocycles. The molecule has 6 heteroatoms. The molecular formula is C63H102O6. The van der Waals surface area contributed by atoms with Gasteiger partial charge in [-0.2, -0.15) is 0 Å². The highest BCUT2D eigenvalue weighted by Crippen LogP contribution is 2.14. The highest BCUT2D eigenvalue weighted by molar-refractivity contribution is 5.71. The lowest BCUT2D eigenvalue weighted by Gasteiger charge is -2.18. The maximum absolute atomic E-state index is 12.8. The van der Waals surface area contributed by atoms with E-state index in [0.717, 1.165) is 89.9 Å². The van der Waals surface area contributed by atoms with E-state index in [0.29, 0.717) is 19.3 Å². The molecule has 0 fully saturated rings. The second kappa shape index (κ2) is 56.4. The molecule has 0 saturated carbocycles. The van der Waals surface area contributed by atoms with Crippen molar-refractivity contribution in [3.05, 3.63) is 122 Å². The third kappa shape index (κ3) is 54.6. The Kier molecular flexibility index (Phi) is 53.0. The first kappa shape index (κ1) is 64.8. The van der Waals surface area contributed by atoms with Crippen molar-refractivity contribution in [2.75, 3.05) is 13.2 Å². The van der Waals surface area contributed by atoms with Gasteiger partial charge < -0.3 is 14.2 Å². The summed E-state index contributed by atoms with van der Waals surface area (Å²) in [5, 5.41) is 0. The summed E-state index contributed by atoms with van der Waals surface area (Å²) in [5.74, 6) is -0.958. The highest BCUT2D eigenvalue weighted by Gasteiger charge is 2.19. The first-order chi connectivity index (χ1) is 34.0.